The van der Waals surface area contributed by atoms with Gasteiger partial charge in [-0.25, -0.2) is 13.1 Å². The molecule has 0 fully saturated rings. The smallest absolute Gasteiger partial charge is 0.387 e. The lowest BCUT2D eigenvalue weighted by Crippen LogP contribution is -2.28. The van der Waals surface area contributed by atoms with Crippen molar-refractivity contribution < 1.29 is 26.5 Å². The zero-order chi connectivity index (χ0) is 16.2. The third-order valence-electron chi connectivity index (χ3n) is 2.77. The van der Waals surface area contributed by atoms with Crippen molar-refractivity contribution in [1.82, 2.24) is 9.88 Å². The van der Waals surface area contributed by atoms with Crippen LogP contribution in [0.2, 0.25) is 0 Å². The van der Waals surface area contributed by atoms with Crippen molar-refractivity contribution in [2.24, 2.45) is 0 Å². The Hall–Kier alpha value is -2.00. The monoisotopic (exact) mass is 332 g/mol. The van der Waals surface area contributed by atoms with E-state index in [1.54, 1.807) is 13.0 Å². The number of halogens is 2. The summed E-state index contributed by atoms with van der Waals surface area (Å²) in [5.41, 5.74) is 0.774. The number of ether oxygens (including phenoxy) is 1. The Kier molecular flexibility index (Phi) is 5.09. The van der Waals surface area contributed by atoms with Gasteiger partial charge in [-0.2, -0.15) is 8.78 Å². The van der Waals surface area contributed by atoms with Gasteiger partial charge in [0.1, 0.15) is 17.8 Å². The third kappa shape index (κ3) is 4.78. The topological polar surface area (TPSA) is 81.4 Å². The molecule has 1 heterocycles. The van der Waals surface area contributed by atoms with Crippen molar-refractivity contribution in [3.8, 4) is 5.75 Å². The van der Waals surface area contributed by atoms with Crippen LogP contribution in [-0.4, -0.2) is 20.2 Å². The summed E-state index contributed by atoms with van der Waals surface area (Å²) in [4.78, 5) is 0. The van der Waals surface area contributed by atoms with E-state index in [0.29, 0.717) is 5.56 Å². The highest BCUT2D eigenvalue weighted by molar-refractivity contribution is 7.88. The van der Waals surface area contributed by atoms with Crippen LogP contribution in [0.25, 0.3) is 0 Å². The van der Waals surface area contributed by atoms with Crippen molar-refractivity contribution in [1.29, 1.82) is 0 Å². The zero-order valence-corrected chi connectivity index (χ0v) is 12.4. The van der Waals surface area contributed by atoms with Crippen molar-refractivity contribution in [3.63, 3.8) is 0 Å². The molecule has 9 heteroatoms. The van der Waals surface area contributed by atoms with Crippen LogP contribution in [-0.2, 0) is 15.8 Å². The summed E-state index contributed by atoms with van der Waals surface area (Å²) in [5.74, 6) is -0.365. The highest BCUT2D eigenvalue weighted by atomic mass is 32.2. The van der Waals surface area contributed by atoms with Gasteiger partial charge in [-0.15, -0.1) is 0 Å². The molecule has 6 nitrogen and oxygen atoms in total. The molecule has 0 unspecified atom stereocenters. The molecule has 0 aliphatic rings. The molecule has 0 radical (unpaired) electrons. The predicted octanol–water partition coefficient (Wildman–Crippen LogP) is 2.46. The highest BCUT2D eigenvalue weighted by Gasteiger charge is 2.18. The lowest BCUT2D eigenvalue weighted by molar-refractivity contribution is -0.0499. The van der Waals surface area contributed by atoms with E-state index in [1.807, 2.05) is 0 Å². The molecule has 120 valence electrons. The Morgan fingerprint density at radius 1 is 1.36 bits per heavy atom. The molecule has 0 amide bonds. The van der Waals surface area contributed by atoms with E-state index >= 15 is 0 Å². The van der Waals surface area contributed by atoms with Crippen LogP contribution in [0.3, 0.4) is 0 Å². The molecule has 1 N–H and O–H groups in total. The summed E-state index contributed by atoms with van der Waals surface area (Å²) in [6.45, 7) is -1.34. The summed E-state index contributed by atoms with van der Waals surface area (Å²) in [5, 5.41) is 3.53. The standard InChI is InChI=1S/C13H14F2N2O4S/c1-9(10-3-2-4-12(7-10)21-13(14)15)17-22(18,19)8-11-5-6-20-16-11/h2-7,9,13,17H,8H2,1H3/t9-/m1/s1. The number of hydrogen-bond donors (Lipinski definition) is 1. The van der Waals surface area contributed by atoms with Crippen molar-refractivity contribution in [3.05, 3.63) is 47.9 Å². The molecule has 1 aromatic carbocycles. The first-order valence-electron chi connectivity index (χ1n) is 6.30. The number of alkyl halides is 2. The SMILES string of the molecule is C[C@@H](NS(=O)(=O)Cc1ccon1)c1cccc(OC(F)F)c1. The van der Waals surface area contributed by atoms with Gasteiger partial charge in [0.2, 0.25) is 10.0 Å². The molecule has 2 aromatic rings. The minimum Gasteiger partial charge on any atom is -0.435 e. The van der Waals surface area contributed by atoms with Crippen LogP contribution < -0.4 is 9.46 Å². The van der Waals surface area contributed by atoms with Gasteiger partial charge in [0.25, 0.3) is 0 Å². The van der Waals surface area contributed by atoms with Gasteiger partial charge in [-0.3, -0.25) is 0 Å². The van der Waals surface area contributed by atoms with E-state index in [0.717, 1.165) is 0 Å². The Bertz CT molecular complexity index is 705. The third-order valence-corrected chi connectivity index (χ3v) is 4.16. The lowest BCUT2D eigenvalue weighted by Gasteiger charge is -2.15. The Labute approximate surface area is 126 Å². The molecule has 0 spiro atoms. The fourth-order valence-electron chi connectivity index (χ4n) is 1.85. The maximum atomic E-state index is 12.2. The summed E-state index contributed by atoms with van der Waals surface area (Å²) in [7, 11) is -3.65. The molecule has 1 atom stereocenters. The molecule has 0 aliphatic heterocycles. The van der Waals surface area contributed by atoms with Gasteiger partial charge in [-0.1, -0.05) is 17.3 Å². The number of aromatic nitrogens is 1. The van der Waals surface area contributed by atoms with Crippen LogP contribution in [0, 0.1) is 0 Å². The quantitative estimate of drug-likeness (QED) is 0.842. The summed E-state index contributed by atoms with van der Waals surface area (Å²) < 4.78 is 59.7. The van der Waals surface area contributed by atoms with Crippen LogP contribution in [0.15, 0.2) is 41.1 Å². The number of nitrogens with one attached hydrogen (secondary N) is 1. The molecule has 2 rings (SSSR count). The van der Waals surface area contributed by atoms with Gasteiger partial charge in [0.05, 0.1) is 5.69 Å². The van der Waals surface area contributed by atoms with E-state index in [-0.39, 0.29) is 17.2 Å². The van der Waals surface area contributed by atoms with Crippen LogP contribution in [0.5, 0.6) is 5.75 Å². The first-order valence-corrected chi connectivity index (χ1v) is 7.95. The van der Waals surface area contributed by atoms with E-state index < -0.39 is 22.7 Å². The van der Waals surface area contributed by atoms with Gasteiger partial charge in [-0.05, 0) is 24.6 Å². The number of nitrogens with zero attached hydrogens (tertiary/aromatic N) is 1. The summed E-state index contributed by atoms with van der Waals surface area (Å²) in [6.07, 6.45) is 1.28. The number of rotatable bonds is 7. The van der Waals surface area contributed by atoms with Crippen molar-refractivity contribution in [2.75, 3.05) is 0 Å². The molecule has 0 aliphatic carbocycles. The molecule has 0 bridgehead atoms. The zero-order valence-electron chi connectivity index (χ0n) is 11.6. The average molecular weight is 332 g/mol. The normalized spacial score (nSPS) is 13.3. The van der Waals surface area contributed by atoms with E-state index in [9.17, 15) is 17.2 Å². The molecular formula is C13H14F2N2O4S. The summed E-state index contributed by atoms with van der Waals surface area (Å²) in [6, 6.07) is 6.68. The number of sulfonamides is 1. The Morgan fingerprint density at radius 2 is 2.14 bits per heavy atom. The molecule has 22 heavy (non-hydrogen) atoms. The van der Waals surface area contributed by atoms with Crippen LogP contribution in [0.4, 0.5) is 8.78 Å². The van der Waals surface area contributed by atoms with Crippen LogP contribution in [0.1, 0.15) is 24.2 Å². The lowest BCUT2D eigenvalue weighted by atomic mass is 10.1. The maximum Gasteiger partial charge on any atom is 0.387 e. The molecule has 0 saturated heterocycles. The first-order chi connectivity index (χ1) is 10.4. The second kappa shape index (κ2) is 6.84. The van der Waals surface area contributed by atoms with Gasteiger partial charge in [0, 0.05) is 12.1 Å². The largest absolute Gasteiger partial charge is 0.435 e. The van der Waals surface area contributed by atoms with Crippen LogP contribution >= 0.6 is 0 Å². The fraction of sp³-hybridized carbons (Fsp3) is 0.308. The van der Waals surface area contributed by atoms with Crippen molar-refractivity contribution >= 4 is 10.0 Å². The maximum absolute atomic E-state index is 12.2. The van der Waals surface area contributed by atoms with E-state index in [2.05, 4.69) is 19.1 Å². The minimum atomic E-state index is -3.65. The summed E-state index contributed by atoms with van der Waals surface area (Å²) >= 11 is 0. The van der Waals surface area contributed by atoms with Gasteiger partial charge in [0.15, 0.2) is 0 Å². The molecular weight excluding hydrogens is 318 g/mol. The Morgan fingerprint density at radius 3 is 2.77 bits per heavy atom. The Balaban J connectivity index is 2.06. The molecule has 0 saturated carbocycles. The van der Waals surface area contributed by atoms with Gasteiger partial charge < -0.3 is 9.26 Å². The van der Waals surface area contributed by atoms with Crippen molar-refractivity contribution in [2.45, 2.75) is 25.3 Å². The van der Waals surface area contributed by atoms with E-state index in [4.69, 9.17) is 0 Å². The van der Waals surface area contributed by atoms with E-state index in [1.165, 1.54) is 30.5 Å². The number of benzene rings is 1. The molecule has 1 aromatic heterocycles. The first kappa shape index (κ1) is 16.4. The average Bonchev–Trinajstić information content (AvgIpc) is 2.89. The second-order valence-corrected chi connectivity index (χ2v) is 6.29. The second-order valence-electron chi connectivity index (χ2n) is 4.54. The minimum absolute atomic E-state index is 0.0324. The predicted molar refractivity (Wildman–Crippen MR) is 73.8 cm³/mol. The highest BCUT2D eigenvalue weighted by Crippen LogP contribution is 2.21. The number of hydrogen-bond acceptors (Lipinski definition) is 5. The van der Waals surface area contributed by atoms with Gasteiger partial charge >= 0.3 is 6.61 Å². The fourth-order valence-corrected chi connectivity index (χ4v) is 3.14.